The summed E-state index contributed by atoms with van der Waals surface area (Å²) >= 11 is 6.27. The number of benzene rings is 1. The minimum Gasteiger partial charge on any atom is -0.370 e. The Morgan fingerprint density at radius 2 is 1.79 bits per heavy atom. The van der Waals surface area contributed by atoms with Crippen LogP contribution < -0.4 is 10.6 Å². The quantitative estimate of drug-likeness (QED) is 0.902. The summed E-state index contributed by atoms with van der Waals surface area (Å²) in [7, 11) is 0. The topological polar surface area (TPSA) is 32.5 Å². The van der Waals surface area contributed by atoms with Crippen LogP contribution in [-0.4, -0.2) is 43.2 Å². The van der Waals surface area contributed by atoms with Gasteiger partial charge in [0.05, 0.1) is 10.7 Å². The second kappa shape index (κ2) is 5.70. The molecule has 0 radical (unpaired) electrons. The van der Waals surface area contributed by atoms with Crippen LogP contribution in [0.3, 0.4) is 0 Å². The maximum Gasteiger partial charge on any atom is 0.0639 e. The van der Waals surface area contributed by atoms with Gasteiger partial charge in [0.2, 0.25) is 0 Å². The van der Waals surface area contributed by atoms with E-state index in [2.05, 4.69) is 21.9 Å². The molecule has 0 saturated carbocycles. The third-order valence-electron chi connectivity index (χ3n) is 4.43. The SMILES string of the molecule is N[C@@H]1CCN(C2CCN(c3ccccc3Cl)CC2)C1. The van der Waals surface area contributed by atoms with Crippen molar-refractivity contribution in [2.45, 2.75) is 31.3 Å². The molecule has 2 aliphatic rings. The van der Waals surface area contributed by atoms with Crippen molar-refractivity contribution in [1.29, 1.82) is 0 Å². The van der Waals surface area contributed by atoms with E-state index >= 15 is 0 Å². The fourth-order valence-corrected chi connectivity index (χ4v) is 3.58. The van der Waals surface area contributed by atoms with Crippen LogP contribution in [0.1, 0.15) is 19.3 Å². The fraction of sp³-hybridized carbons (Fsp3) is 0.600. The van der Waals surface area contributed by atoms with E-state index in [1.54, 1.807) is 0 Å². The fourth-order valence-electron chi connectivity index (χ4n) is 3.33. The smallest absolute Gasteiger partial charge is 0.0639 e. The van der Waals surface area contributed by atoms with E-state index in [0.717, 1.165) is 31.1 Å². The average molecular weight is 280 g/mol. The van der Waals surface area contributed by atoms with Gasteiger partial charge in [-0.2, -0.15) is 0 Å². The highest BCUT2D eigenvalue weighted by Gasteiger charge is 2.29. The van der Waals surface area contributed by atoms with E-state index in [9.17, 15) is 0 Å². The van der Waals surface area contributed by atoms with Crippen LogP contribution in [0, 0.1) is 0 Å². The summed E-state index contributed by atoms with van der Waals surface area (Å²) in [4.78, 5) is 4.99. The maximum absolute atomic E-state index is 6.27. The number of halogens is 1. The number of nitrogens with two attached hydrogens (primary N) is 1. The van der Waals surface area contributed by atoms with Crippen molar-refractivity contribution >= 4 is 17.3 Å². The molecule has 0 bridgehead atoms. The second-order valence-electron chi connectivity index (χ2n) is 5.71. The molecule has 4 heteroatoms. The molecule has 104 valence electrons. The number of hydrogen-bond acceptors (Lipinski definition) is 3. The first-order valence-electron chi connectivity index (χ1n) is 7.23. The van der Waals surface area contributed by atoms with Crippen molar-refractivity contribution in [3.63, 3.8) is 0 Å². The van der Waals surface area contributed by atoms with Gasteiger partial charge in [-0.1, -0.05) is 23.7 Å². The van der Waals surface area contributed by atoms with E-state index in [1.807, 2.05) is 12.1 Å². The van der Waals surface area contributed by atoms with Crippen molar-refractivity contribution in [2.24, 2.45) is 5.73 Å². The highest BCUT2D eigenvalue weighted by molar-refractivity contribution is 6.33. The van der Waals surface area contributed by atoms with Crippen molar-refractivity contribution in [3.8, 4) is 0 Å². The van der Waals surface area contributed by atoms with Crippen LogP contribution >= 0.6 is 11.6 Å². The molecule has 2 aliphatic heterocycles. The van der Waals surface area contributed by atoms with Gasteiger partial charge in [0.25, 0.3) is 0 Å². The first-order valence-corrected chi connectivity index (χ1v) is 7.61. The van der Waals surface area contributed by atoms with Crippen molar-refractivity contribution in [1.82, 2.24) is 4.90 Å². The van der Waals surface area contributed by atoms with E-state index in [0.29, 0.717) is 12.1 Å². The third kappa shape index (κ3) is 2.88. The zero-order valence-corrected chi connectivity index (χ0v) is 12.0. The number of rotatable bonds is 2. The molecular formula is C15H22ClN3. The number of likely N-dealkylation sites (tertiary alicyclic amines) is 1. The zero-order chi connectivity index (χ0) is 13.2. The molecule has 1 aromatic rings. The molecule has 0 spiro atoms. The highest BCUT2D eigenvalue weighted by Crippen LogP contribution is 2.29. The Bertz CT molecular complexity index is 429. The van der Waals surface area contributed by atoms with Crippen LogP contribution in [0.2, 0.25) is 5.02 Å². The lowest BCUT2D eigenvalue weighted by molar-refractivity contribution is 0.205. The molecule has 3 nitrogen and oxygen atoms in total. The van der Waals surface area contributed by atoms with Gasteiger partial charge in [0.1, 0.15) is 0 Å². The lowest BCUT2D eigenvalue weighted by Crippen LogP contribution is -2.44. The third-order valence-corrected chi connectivity index (χ3v) is 4.75. The van der Waals surface area contributed by atoms with Crippen molar-refractivity contribution < 1.29 is 0 Å². The van der Waals surface area contributed by atoms with Crippen LogP contribution in [0.15, 0.2) is 24.3 Å². The number of piperidine rings is 1. The monoisotopic (exact) mass is 279 g/mol. The van der Waals surface area contributed by atoms with E-state index in [1.165, 1.54) is 25.1 Å². The summed E-state index contributed by atoms with van der Waals surface area (Å²) in [5, 5.41) is 0.865. The highest BCUT2D eigenvalue weighted by atomic mass is 35.5. The van der Waals surface area contributed by atoms with Gasteiger partial charge >= 0.3 is 0 Å². The molecule has 19 heavy (non-hydrogen) atoms. The number of hydrogen-bond donors (Lipinski definition) is 1. The second-order valence-corrected chi connectivity index (χ2v) is 6.12. The Kier molecular flexibility index (Phi) is 3.96. The van der Waals surface area contributed by atoms with Gasteiger partial charge in [0, 0.05) is 38.3 Å². The number of nitrogens with zero attached hydrogens (tertiary/aromatic N) is 2. The van der Waals surface area contributed by atoms with Crippen molar-refractivity contribution in [2.75, 3.05) is 31.1 Å². The van der Waals surface area contributed by atoms with E-state index < -0.39 is 0 Å². The summed E-state index contributed by atoms with van der Waals surface area (Å²) in [5.74, 6) is 0. The Morgan fingerprint density at radius 3 is 2.42 bits per heavy atom. The lowest BCUT2D eigenvalue weighted by atomic mass is 10.0. The largest absolute Gasteiger partial charge is 0.370 e. The van der Waals surface area contributed by atoms with Gasteiger partial charge in [-0.15, -0.1) is 0 Å². The molecule has 2 N–H and O–H groups in total. The molecule has 2 fully saturated rings. The standard InChI is InChI=1S/C15H22ClN3/c16-14-3-1-2-4-15(14)18-9-6-13(7-10-18)19-8-5-12(17)11-19/h1-4,12-13H,5-11,17H2/t12-/m1/s1. The van der Waals surface area contributed by atoms with Gasteiger partial charge in [-0.05, 0) is 31.4 Å². The van der Waals surface area contributed by atoms with Crippen LogP contribution in [-0.2, 0) is 0 Å². The van der Waals surface area contributed by atoms with Gasteiger partial charge in [0.15, 0.2) is 0 Å². The first kappa shape index (κ1) is 13.2. The van der Waals surface area contributed by atoms with Crippen LogP contribution in [0.25, 0.3) is 0 Å². The molecule has 0 unspecified atom stereocenters. The predicted octanol–water partition coefficient (Wildman–Crippen LogP) is 2.34. The summed E-state index contributed by atoms with van der Waals surface area (Å²) in [6.07, 6.45) is 3.60. The van der Waals surface area contributed by atoms with Gasteiger partial charge < -0.3 is 10.6 Å². The molecule has 0 aromatic heterocycles. The summed E-state index contributed by atoms with van der Waals surface area (Å²) in [5.41, 5.74) is 7.18. The predicted molar refractivity (Wildman–Crippen MR) is 80.9 cm³/mol. The summed E-state index contributed by atoms with van der Waals surface area (Å²) in [6.45, 7) is 4.45. The van der Waals surface area contributed by atoms with Gasteiger partial charge in [-0.3, -0.25) is 4.90 Å². The minimum absolute atomic E-state index is 0.390. The van der Waals surface area contributed by atoms with E-state index in [-0.39, 0.29) is 0 Å². The Balaban J connectivity index is 1.59. The normalized spacial score (nSPS) is 26.0. The Morgan fingerprint density at radius 1 is 1.05 bits per heavy atom. The number of anilines is 1. The van der Waals surface area contributed by atoms with Crippen LogP contribution in [0.4, 0.5) is 5.69 Å². The number of para-hydroxylation sites is 1. The molecule has 2 saturated heterocycles. The Hall–Kier alpha value is -0.770. The van der Waals surface area contributed by atoms with Gasteiger partial charge in [-0.25, -0.2) is 0 Å². The Labute approximate surface area is 120 Å². The molecular weight excluding hydrogens is 258 g/mol. The van der Waals surface area contributed by atoms with Crippen molar-refractivity contribution in [3.05, 3.63) is 29.3 Å². The summed E-state index contributed by atoms with van der Waals surface area (Å²) in [6, 6.07) is 9.25. The molecule has 1 aromatic carbocycles. The average Bonchev–Trinajstić information content (AvgIpc) is 2.86. The molecule has 2 heterocycles. The molecule has 1 atom stereocenters. The zero-order valence-electron chi connectivity index (χ0n) is 11.3. The van der Waals surface area contributed by atoms with Crippen LogP contribution in [0.5, 0.6) is 0 Å². The first-order chi connectivity index (χ1) is 9.24. The molecule has 0 amide bonds. The minimum atomic E-state index is 0.390. The lowest BCUT2D eigenvalue weighted by Gasteiger charge is -2.38. The molecule has 3 rings (SSSR count). The molecule has 0 aliphatic carbocycles. The van der Waals surface area contributed by atoms with E-state index in [4.69, 9.17) is 17.3 Å². The summed E-state index contributed by atoms with van der Waals surface area (Å²) < 4.78 is 0. The maximum atomic E-state index is 6.27.